The van der Waals surface area contributed by atoms with Crippen LogP contribution in [0.15, 0.2) is 48.5 Å². The average Bonchev–Trinajstić information content (AvgIpc) is 2.69. The Morgan fingerprint density at radius 3 is 1.94 bits per heavy atom. The van der Waals surface area contributed by atoms with Gasteiger partial charge in [-0.25, -0.2) is 4.79 Å². The van der Waals surface area contributed by atoms with Crippen molar-refractivity contribution in [3.05, 3.63) is 70.8 Å². The molecule has 2 rings (SSSR count). The summed E-state index contributed by atoms with van der Waals surface area (Å²) in [5.74, 6) is -1.68. The molecule has 2 aromatic rings. The van der Waals surface area contributed by atoms with E-state index >= 15 is 0 Å². The predicted molar refractivity (Wildman–Crippen MR) is 98.9 cm³/mol. The Kier molecular flexibility index (Phi) is 7.70. The molecule has 0 saturated carbocycles. The summed E-state index contributed by atoms with van der Waals surface area (Å²) < 4.78 is 82.4. The van der Waals surface area contributed by atoms with Crippen molar-refractivity contribution in [2.45, 2.75) is 37.7 Å². The van der Waals surface area contributed by atoms with Crippen molar-refractivity contribution in [2.24, 2.45) is 0 Å². The zero-order valence-corrected chi connectivity index (χ0v) is 16.3. The molecule has 1 atom stereocenters. The highest BCUT2D eigenvalue weighted by atomic mass is 19.4. The van der Waals surface area contributed by atoms with Gasteiger partial charge in [-0.1, -0.05) is 30.3 Å². The molecule has 0 aliphatic carbocycles. The number of amides is 1. The molecule has 0 aliphatic rings. The molecule has 1 amide bonds. The lowest BCUT2D eigenvalue weighted by molar-refractivity contribution is -0.145. The smallest absolute Gasteiger partial charge is 0.416 e. The van der Waals surface area contributed by atoms with Crippen LogP contribution in [0.4, 0.5) is 26.3 Å². The minimum absolute atomic E-state index is 0.0154. The maximum Gasteiger partial charge on any atom is 0.416 e. The lowest BCUT2D eigenvalue weighted by Crippen LogP contribution is -2.42. The first kappa shape index (κ1) is 24.2. The summed E-state index contributed by atoms with van der Waals surface area (Å²) in [7, 11) is 1.10. The van der Waals surface area contributed by atoms with Crippen LogP contribution in [0.25, 0.3) is 0 Å². The molecule has 0 bridgehead atoms. The highest BCUT2D eigenvalue weighted by Gasteiger charge is 2.37. The van der Waals surface area contributed by atoms with Gasteiger partial charge in [0, 0.05) is 0 Å². The monoisotopic (exact) mass is 447 g/mol. The van der Waals surface area contributed by atoms with Crippen LogP contribution in [-0.4, -0.2) is 25.0 Å². The molecule has 0 radical (unpaired) electrons. The first-order valence-electron chi connectivity index (χ1n) is 9.09. The maximum absolute atomic E-state index is 13.0. The Morgan fingerprint density at radius 1 is 0.903 bits per heavy atom. The van der Waals surface area contributed by atoms with E-state index in [4.69, 9.17) is 0 Å². The predicted octanol–water partition coefficient (Wildman–Crippen LogP) is 4.56. The zero-order valence-electron chi connectivity index (χ0n) is 16.3. The lowest BCUT2D eigenvalue weighted by atomic mass is 10.0. The van der Waals surface area contributed by atoms with Crippen LogP contribution < -0.4 is 5.32 Å². The highest BCUT2D eigenvalue weighted by molar-refractivity contribution is 5.85. The van der Waals surface area contributed by atoms with Gasteiger partial charge in [0.15, 0.2) is 0 Å². The third-order valence-corrected chi connectivity index (χ3v) is 4.40. The van der Waals surface area contributed by atoms with Crippen molar-refractivity contribution in [3.63, 3.8) is 0 Å². The van der Waals surface area contributed by atoms with Gasteiger partial charge in [-0.2, -0.15) is 26.3 Å². The second kappa shape index (κ2) is 9.84. The van der Waals surface area contributed by atoms with Crippen molar-refractivity contribution in [1.82, 2.24) is 5.32 Å². The maximum atomic E-state index is 13.0. The van der Waals surface area contributed by atoms with Crippen molar-refractivity contribution >= 4 is 11.9 Å². The molecule has 1 N–H and O–H groups in total. The number of nitrogens with one attached hydrogen (secondary N) is 1. The van der Waals surface area contributed by atoms with Gasteiger partial charge in [0.1, 0.15) is 6.04 Å². The minimum atomic E-state index is -5.02. The molecule has 0 heterocycles. The fourth-order valence-electron chi connectivity index (χ4n) is 2.90. The SMILES string of the molecule is COC(=O)[C@@H](CCc1ccccc1)NC(=O)Cc1cc(C(F)(F)F)cc(C(F)(F)F)c1. The van der Waals surface area contributed by atoms with Gasteiger partial charge < -0.3 is 10.1 Å². The number of methoxy groups -OCH3 is 1. The number of ether oxygens (including phenoxy) is 1. The van der Waals surface area contributed by atoms with E-state index in [1.54, 1.807) is 30.3 Å². The van der Waals surface area contributed by atoms with Crippen molar-refractivity contribution in [2.75, 3.05) is 7.11 Å². The molecule has 0 spiro atoms. The van der Waals surface area contributed by atoms with E-state index in [0.717, 1.165) is 12.7 Å². The number of benzene rings is 2. The summed E-state index contributed by atoms with van der Waals surface area (Å²) in [6, 6.07) is 8.81. The Bertz CT molecular complexity index is 877. The number of carbonyl (C=O) groups is 2. The molecule has 0 saturated heterocycles. The first-order chi connectivity index (χ1) is 14.4. The summed E-state index contributed by atoms with van der Waals surface area (Å²) in [6.07, 6.45) is -10.3. The van der Waals surface area contributed by atoms with Crippen LogP contribution in [-0.2, 0) is 39.5 Å². The second-order valence-electron chi connectivity index (χ2n) is 6.76. The fraction of sp³-hybridized carbons (Fsp3) is 0.333. The molecule has 0 unspecified atom stereocenters. The molecule has 31 heavy (non-hydrogen) atoms. The van der Waals surface area contributed by atoms with Gasteiger partial charge in [-0.3, -0.25) is 4.79 Å². The van der Waals surface area contributed by atoms with Crippen LogP contribution >= 0.6 is 0 Å². The Balaban J connectivity index is 2.16. The van der Waals surface area contributed by atoms with E-state index in [0.29, 0.717) is 18.6 Å². The first-order valence-corrected chi connectivity index (χ1v) is 9.09. The molecule has 0 aliphatic heterocycles. The molecule has 168 valence electrons. The Morgan fingerprint density at radius 2 is 1.45 bits per heavy atom. The summed E-state index contributed by atoms with van der Waals surface area (Å²) >= 11 is 0. The highest BCUT2D eigenvalue weighted by Crippen LogP contribution is 2.36. The van der Waals surface area contributed by atoms with Crippen LogP contribution in [0, 0.1) is 0 Å². The second-order valence-corrected chi connectivity index (χ2v) is 6.76. The van der Waals surface area contributed by atoms with E-state index in [9.17, 15) is 35.9 Å². The molecule has 0 fully saturated rings. The summed E-state index contributed by atoms with van der Waals surface area (Å²) in [4.78, 5) is 24.3. The summed E-state index contributed by atoms with van der Waals surface area (Å²) in [6.45, 7) is 0. The molecular weight excluding hydrogens is 428 g/mol. The number of carbonyl (C=O) groups excluding carboxylic acids is 2. The Hall–Kier alpha value is -3.04. The van der Waals surface area contributed by atoms with E-state index in [1.165, 1.54) is 0 Å². The molecule has 0 aromatic heterocycles. The normalized spacial score (nSPS) is 12.9. The number of hydrogen-bond donors (Lipinski definition) is 1. The molecule has 2 aromatic carbocycles. The number of halogens is 6. The van der Waals surface area contributed by atoms with E-state index in [1.807, 2.05) is 0 Å². The minimum Gasteiger partial charge on any atom is -0.467 e. The van der Waals surface area contributed by atoms with Crippen molar-refractivity contribution < 1.29 is 40.7 Å². The van der Waals surface area contributed by atoms with Gasteiger partial charge >= 0.3 is 18.3 Å². The zero-order chi connectivity index (χ0) is 23.2. The van der Waals surface area contributed by atoms with E-state index in [-0.39, 0.29) is 12.5 Å². The number of alkyl halides is 6. The van der Waals surface area contributed by atoms with Crippen LogP contribution in [0.1, 0.15) is 28.7 Å². The largest absolute Gasteiger partial charge is 0.467 e. The summed E-state index contributed by atoms with van der Waals surface area (Å²) in [5.41, 5.74) is -2.64. The van der Waals surface area contributed by atoms with Gasteiger partial charge in [0.2, 0.25) is 5.91 Å². The molecular formula is C21H19F6NO3. The number of aryl methyl sites for hydroxylation is 1. The standard InChI is InChI=1S/C21H19F6NO3/c1-31-19(30)17(8-7-13-5-3-2-4-6-13)28-18(29)11-14-9-15(20(22,23)24)12-16(10-14)21(25,26)27/h2-6,9-10,12,17H,7-8,11H2,1H3,(H,28,29)/t17-/m1/s1. The van der Waals surface area contributed by atoms with Crippen molar-refractivity contribution in [1.29, 1.82) is 0 Å². The van der Waals surface area contributed by atoms with Gasteiger partial charge in [0.05, 0.1) is 24.7 Å². The van der Waals surface area contributed by atoms with Gasteiger partial charge in [-0.05, 0) is 42.2 Å². The van der Waals surface area contributed by atoms with Crippen LogP contribution in [0.5, 0.6) is 0 Å². The fourth-order valence-corrected chi connectivity index (χ4v) is 2.90. The van der Waals surface area contributed by atoms with E-state index < -0.39 is 53.4 Å². The number of esters is 1. The van der Waals surface area contributed by atoms with Crippen LogP contribution in [0.2, 0.25) is 0 Å². The Labute approximate surface area is 174 Å². The van der Waals surface area contributed by atoms with Gasteiger partial charge in [-0.15, -0.1) is 0 Å². The quantitative estimate of drug-likeness (QED) is 0.500. The topological polar surface area (TPSA) is 55.4 Å². The third kappa shape index (κ3) is 7.30. The average molecular weight is 447 g/mol. The van der Waals surface area contributed by atoms with Gasteiger partial charge in [0.25, 0.3) is 0 Å². The number of rotatable bonds is 7. The van der Waals surface area contributed by atoms with Crippen LogP contribution in [0.3, 0.4) is 0 Å². The number of hydrogen-bond acceptors (Lipinski definition) is 3. The third-order valence-electron chi connectivity index (χ3n) is 4.40. The summed E-state index contributed by atoms with van der Waals surface area (Å²) in [5, 5.41) is 2.33. The molecule has 4 nitrogen and oxygen atoms in total. The van der Waals surface area contributed by atoms with Crippen molar-refractivity contribution in [3.8, 4) is 0 Å². The lowest BCUT2D eigenvalue weighted by Gasteiger charge is -2.18. The van der Waals surface area contributed by atoms with E-state index in [2.05, 4.69) is 10.1 Å². The molecule has 10 heteroatoms.